The second kappa shape index (κ2) is 7.23. The van der Waals surface area contributed by atoms with Gasteiger partial charge in [0.2, 0.25) is 5.79 Å². The minimum absolute atomic E-state index is 0.384. The smallest absolute Gasteiger partial charge is 0.335 e. The van der Waals surface area contributed by atoms with Crippen LogP contribution in [0, 0.1) is 0 Å². The van der Waals surface area contributed by atoms with Gasteiger partial charge in [0.25, 0.3) is 0 Å². The van der Waals surface area contributed by atoms with Gasteiger partial charge in [0.1, 0.15) is 0 Å². The van der Waals surface area contributed by atoms with Crippen molar-refractivity contribution in [3.8, 4) is 0 Å². The Hall–Kier alpha value is -1.09. The molecule has 1 atom stereocenters. The van der Waals surface area contributed by atoms with Crippen LogP contribution in [0.2, 0.25) is 0 Å². The first kappa shape index (κ1) is 14.9. The molecule has 0 amide bonds. The summed E-state index contributed by atoms with van der Waals surface area (Å²) in [5.74, 6) is -1.26. The molecule has 0 N–H and O–H groups in total. The molecular weight excluding hydrogens is 204 g/mol. The molecule has 0 rings (SSSR count). The molecule has 16 heavy (non-hydrogen) atoms. The third-order valence-corrected chi connectivity index (χ3v) is 2.26. The van der Waals surface area contributed by atoms with Crippen LogP contribution in [-0.4, -0.2) is 18.4 Å². The molecule has 0 saturated heterocycles. The number of esters is 1. The SMILES string of the molecule is C=CCCCOC(C)(CC)OC(=O)C(=C)C. The van der Waals surface area contributed by atoms with Crippen molar-refractivity contribution in [2.75, 3.05) is 6.61 Å². The molecule has 0 fully saturated rings. The fourth-order valence-corrected chi connectivity index (χ4v) is 1.00. The molecule has 0 aromatic heterocycles. The van der Waals surface area contributed by atoms with Crippen molar-refractivity contribution in [1.82, 2.24) is 0 Å². The molecule has 0 spiro atoms. The molecule has 0 saturated carbocycles. The quantitative estimate of drug-likeness (QED) is 0.209. The second-order valence-corrected chi connectivity index (χ2v) is 3.94. The summed E-state index contributed by atoms with van der Waals surface area (Å²) in [6.07, 6.45) is 4.23. The van der Waals surface area contributed by atoms with Gasteiger partial charge in [0.05, 0.1) is 6.61 Å². The van der Waals surface area contributed by atoms with Crippen molar-refractivity contribution >= 4 is 5.97 Å². The zero-order valence-electron chi connectivity index (χ0n) is 10.5. The zero-order valence-corrected chi connectivity index (χ0v) is 10.5. The summed E-state index contributed by atoms with van der Waals surface area (Å²) < 4.78 is 10.8. The van der Waals surface area contributed by atoms with Crippen molar-refractivity contribution in [2.45, 2.75) is 45.8 Å². The molecule has 3 heteroatoms. The lowest BCUT2D eigenvalue weighted by Gasteiger charge is -2.28. The number of allylic oxidation sites excluding steroid dienone is 1. The Kier molecular flexibility index (Phi) is 6.74. The molecule has 1 unspecified atom stereocenters. The van der Waals surface area contributed by atoms with E-state index in [4.69, 9.17) is 9.47 Å². The number of ether oxygens (including phenoxy) is 2. The van der Waals surface area contributed by atoms with Gasteiger partial charge in [-0.2, -0.15) is 0 Å². The molecule has 92 valence electrons. The van der Waals surface area contributed by atoms with E-state index >= 15 is 0 Å². The van der Waals surface area contributed by atoms with Crippen molar-refractivity contribution in [3.05, 3.63) is 24.8 Å². The van der Waals surface area contributed by atoms with Crippen molar-refractivity contribution in [1.29, 1.82) is 0 Å². The van der Waals surface area contributed by atoms with E-state index in [0.29, 0.717) is 18.6 Å². The lowest BCUT2D eigenvalue weighted by atomic mass is 10.2. The van der Waals surface area contributed by atoms with Crippen molar-refractivity contribution in [2.24, 2.45) is 0 Å². The highest BCUT2D eigenvalue weighted by Crippen LogP contribution is 2.19. The minimum atomic E-state index is -0.850. The summed E-state index contributed by atoms with van der Waals surface area (Å²) in [5.41, 5.74) is 0.384. The molecule has 0 aliphatic rings. The van der Waals surface area contributed by atoms with Crippen LogP contribution < -0.4 is 0 Å². The lowest BCUT2D eigenvalue weighted by molar-refractivity contribution is -0.221. The van der Waals surface area contributed by atoms with Crippen LogP contribution in [0.15, 0.2) is 24.8 Å². The molecule has 0 bridgehead atoms. The topological polar surface area (TPSA) is 35.5 Å². The Morgan fingerprint density at radius 3 is 2.56 bits per heavy atom. The summed E-state index contributed by atoms with van der Waals surface area (Å²) in [7, 11) is 0. The lowest BCUT2D eigenvalue weighted by Crippen LogP contribution is -2.34. The number of carbonyl (C=O) groups excluding carboxylic acids is 1. The molecule has 3 nitrogen and oxygen atoms in total. The Labute approximate surface area is 98.1 Å². The summed E-state index contributed by atoms with van der Waals surface area (Å²) in [6, 6.07) is 0. The Balaban J connectivity index is 4.14. The predicted octanol–water partition coefficient (Wildman–Crippen LogP) is 3.21. The van der Waals surface area contributed by atoms with E-state index in [-0.39, 0.29) is 0 Å². The average Bonchev–Trinajstić information content (AvgIpc) is 2.24. The van der Waals surface area contributed by atoms with Crippen LogP contribution in [-0.2, 0) is 14.3 Å². The third-order valence-electron chi connectivity index (χ3n) is 2.26. The van der Waals surface area contributed by atoms with Crippen LogP contribution in [0.3, 0.4) is 0 Å². The first-order valence-corrected chi connectivity index (χ1v) is 5.59. The molecular formula is C13H22O3. The minimum Gasteiger partial charge on any atom is -0.430 e. The monoisotopic (exact) mass is 226 g/mol. The maximum atomic E-state index is 11.4. The fraction of sp³-hybridized carbons (Fsp3) is 0.615. The molecule has 0 aliphatic heterocycles. The van der Waals surface area contributed by atoms with E-state index in [9.17, 15) is 4.79 Å². The third kappa shape index (κ3) is 5.71. The maximum Gasteiger partial charge on any atom is 0.335 e. The van der Waals surface area contributed by atoms with Crippen LogP contribution in [0.25, 0.3) is 0 Å². The molecule has 0 heterocycles. The van der Waals surface area contributed by atoms with Crippen LogP contribution in [0.5, 0.6) is 0 Å². The molecule has 0 aromatic carbocycles. The standard InChI is InChI=1S/C13H22O3/c1-6-8-9-10-15-13(5,7-2)16-12(14)11(3)4/h6H,1,3,7-10H2,2,4-5H3. The molecule has 0 aliphatic carbocycles. The largest absolute Gasteiger partial charge is 0.430 e. The molecule has 0 aromatic rings. The maximum absolute atomic E-state index is 11.4. The zero-order chi connectivity index (χ0) is 12.6. The van der Waals surface area contributed by atoms with E-state index in [2.05, 4.69) is 13.2 Å². The number of hydrogen-bond acceptors (Lipinski definition) is 3. The van der Waals surface area contributed by atoms with E-state index in [1.807, 2.05) is 13.0 Å². The van der Waals surface area contributed by atoms with Crippen LogP contribution in [0.4, 0.5) is 0 Å². The summed E-state index contributed by atoms with van der Waals surface area (Å²) >= 11 is 0. The van der Waals surface area contributed by atoms with E-state index in [0.717, 1.165) is 12.8 Å². The van der Waals surface area contributed by atoms with E-state index in [1.54, 1.807) is 13.8 Å². The van der Waals surface area contributed by atoms with Gasteiger partial charge in [0.15, 0.2) is 0 Å². The number of carbonyl (C=O) groups is 1. The number of hydrogen-bond donors (Lipinski definition) is 0. The molecule has 0 radical (unpaired) electrons. The van der Waals surface area contributed by atoms with Gasteiger partial charge in [-0.3, -0.25) is 0 Å². The predicted molar refractivity (Wildman–Crippen MR) is 65.0 cm³/mol. The van der Waals surface area contributed by atoms with Crippen LogP contribution >= 0.6 is 0 Å². The number of unbranched alkanes of at least 4 members (excludes halogenated alkanes) is 1. The average molecular weight is 226 g/mol. The normalized spacial score (nSPS) is 13.9. The second-order valence-electron chi connectivity index (χ2n) is 3.94. The van der Waals surface area contributed by atoms with Gasteiger partial charge in [0, 0.05) is 18.9 Å². The van der Waals surface area contributed by atoms with E-state index < -0.39 is 11.8 Å². The summed E-state index contributed by atoms with van der Waals surface area (Å²) in [5, 5.41) is 0. The number of rotatable bonds is 8. The Morgan fingerprint density at radius 2 is 2.12 bits per heavy atom. The van der Waals surface area contributed by atoms with Gasteiger partial charge in [-0.05, 0) is 19.8 Å². The highest BCUT2D eigenvalue weighted by molar-refractivity contribution is 5.87. The highest BCUT2D eigenvalue weighted by atomic mass is 16.7. The van der Waals surface area contributed by atoms with Gasteiger partial charge < -0.3 is 9.47 Å². The fourth-order valence-electron chi connectivity index (χ4n) is 1.00. The highest BCUT2D eigenvalue weighted by Gasteiger charge is 2.27. The first-order chi connectivity index (χ1) is 7.45. The Morgan fingerprint density at radius 1 is 1.50 bits per heavy atom. The van der Waals surface area contributed by atoms with Gasteiger partial charge in [-0.25, -0.2) is 4.79 Å². The summed E-state index contributed by atoms with van der Waals surface area (Å²) in [4.78, 5) is 11.4. The van der Waals surface area contributed by atoms with Gasteiger partial charge in [-0.15, -0.1) is 6.58 Å². The van der Waals surface area contributed by atoms with Crippen molar-refractivity contribution < 1.29 is 14.3 Å². The van der Waals surface area contributed by atoms with Crippen molar-refractivity contribution in [3.63, 3.8) is 0 Å². The Bertz CT molecular complexity index is 258. The van der Waals surface area contributed by atoms with Crippen LogP contribution in [0.1, 0.15) is 40.0 Å². The van der Waals surface area contributed by atoms with Gasteiger partial charge in [-0.1, -0.05) is 19.6 Å². The van der Waals surface area contributed by atoms with Gasteiger partial charge >= 0.3 is 5.97 Å². The first-order valence-electron chi connectivity index (χ1n) is 5.59. The van der Waals surface area contributed by atoms with E-state index in [1.165, 1.54) is 0 Å². The summed E-state index contributed by atoms with van der Waals surface area (Å²) in [6.45, 7) is 13.0.